The van der Waals surface area contributed by atoms with Gasteiger partial charge in [-0.1, -0.05) is 0 Å². The van der Waals surface area contributed by atoms with Crippen molar-refractivity contribution < 1.29 is 10.2 Å². The Morgan fingerprint density at radius 1 is 1.21 bits per heavy atom. The summed E-state index contributed by atoms with van der Waals surface area (Å²) in [4.78, 5) is 0. The predicted molar refractivity (Wildman–Crippen MR) is 53.1 cm³/mol. The molecule has 3 nitrogen and oxygen atoms in total. The van der Waals surface area contributed by atoms with E-state index in [1.807, 2.05) is 6.07 Å². The molecular weight excluding hydrogens is 178 g/mol. The maximum Gasteiger partial charge on any atom is 0.124 e. The molecule has 0 amide bonds. The number of nitriles is 1. The summed E-state index contributed by atoms with van der Waals surface area (Å²) in [7, 11) is 0. The number of benzene rings is 1. The van der Waals surface area contributed by atoms with Crippen LogP contribution in [0.5, 0.6) is 11.5 Å². The standard InChI is InChI=1S/C11H13NO2/c1-7-4-8(13)10(9(14)5-7)11(2,3)6-12/h4-5,13-14H,1-3H3. The summed E-state index contributed by atoms with van der Waals surface area (Å²) in [5.74, 6) is -0.0666. The molecule has 0 spiro atoms. The van der Waals surface area contributed by atoms with Gasteiger partial charge in [0.15, 0.2) is 0 Å². The Hall–Kier alpha value is -1.69. The molecule has 0 bridgehead atoms. The van der Waals surface area contributed by atoms with E-state index in [4.69, 9.17) is 5.26 Å². The van der Waals surface area contributed by atoms with Crippen molar-refractivity contribution in [3.8, 4) is 17.6 Å². The lowest BCUT2D eigenvalue weighted by Gasteiger charge is -2.19. The molecule has 1 aromatic rings. The fraction of sp³-hybridized carbons (Fsp3) is 0.364. The van der Waals surface area contributed by atoms with E-state index in [9.17, 15) is 10.2 Å². The van der Waals surface area contributed by atoms with Crippen LogP contribution in [-0.2, 0) is 5.41 Å². The van der Waals surface area contributed by atoms with E-state index in [2.05, 4.69) is 0 Å². The van der Waals surface area contributed by atoms with E-state index in [1.165, 1.54) is 12.1 Å². The quantitative estimate of drug-likeness (QED) is 0.715. The van der Waals surface area contributed by atoms with Gasteiger partial charge in [0.2, 0.25) is 0 Å². The number of aryl methyl sites for hydroxylation is 1. The Labute approximate surface area is 83.2 Å². The molecule has 0 fully saturated rings. The van der Waals surface area contributed by atoms with Crippen LogP contribution >= 0.6 is 0 Å². The molecule has 0 aliphatic carbocycles. The smallest absolute Gasteiger partial charge is 0.124 e. The van der Waals surface area contributed by atoms with E-state index < -0.39 is 5.41 Å². The molecule has 1 rings (SSSR count). The van der Waals surface area contributed by atoms with Crippen molar-refractivity contribution in [3.63, 3.8) is 0 Å². The predicted octanol–water partition coefficient (Wildman–Crippen LogP) is 2.21. The van der Waals surface area contributed by atoms with Crippen molar-refractivity contribution in [1.82, 2.24) is 0 Å². The number of hydrogen-bond donors (Lipinski definition) is 2. The number of nitrogens with zero attached hydrogens (tertiary/aromatic N) is 1. The van der Waals surface area contributed by atoms with Crippen molar-refractivity contribution in [1.29, 1.82) is 5.26 Å². The maximum absolute atomic E-state index is 9.63. The largest absolute Gasteiger partial charge is 0.507 e. The average molecular weight is 191 g/mol. The highest BCUT2D eigenvalue weighted by Gasteiger charge is 2.27. The van der Waals surface area contributed by atoms with Gasteiger partial charge in [0.1, 0.15) is 11.5 Å². The first-order valence-electron chi connectivity index (χ1n) is 4.33. The molecule has 0 aliphatic rings. The molecule has 2 N–H and O–H groups in total. The van der Waals surface area contributed by atoms with E-state index in [0.29, 0.717) is 0 Å². The van der Waals surface area contributed by atoms with Crippen molar-refractivity contribution in [2.75, 3.05) is 0 Å². The zero-order chi connectivity index (χ0) is 10.9. The first-order valence-corrected chi connectivity index (χ1v) is 4.33. The summed E-state index contributed by atoms with van der Waals surface area (Å²) in [5.41, 5.74) is 0.157. The zero-order valence-corrected chi connectivity index (χ0v) is 8.50. The molecule has 0 unspecified atom stereocenters. The highest BCUT2D eigenvalue weighted by Crippen LogP contribution is 2.38. The van der Waals surface area contributed by atoms with Crippen LogP contribution in [0, 0.1) is 18.3 Å². The van der Waals surface area contributed by atoms with Gasteiger partial charge in [0.25, 0.3) is 0 Å². The summed E-state index contributed by atoms with van der Waals surface area (Å²) in [5, 5.41) is 28.1. The second-order valence-electron chi connectivity index (χ2n) is 3.91. The first kappa shape index (κ1) is 10.4. The van der Waals surface area contributed by atoms with Gasteiger partial charge in [0.05, 0.1) is 17.0 Å². The van der Waals surface area contributed by atoms with Gasteiger partial charge in [-0.15, -0.1) is 0 Å². The van der Waals surface area contributed by atoms with Crippen LogP contribution in [0.3, 0.4) is 0 Å². The Balaban J connectivity index is 3.44. The SMILES string of the molecule is Cc1cc(O)c(C(C)(C)C#N)c(O)c1. The van der Waals surface area contributed by atoms with Crippen molar-refractivity contribution in [2.24, 2.45) is 0 Å². The van der Waals surface area contributed by atoms with Gasteiger partial charge in [-0.3, -0.25) is 0 Å². The topological polar surface area (TPSA) is 64.2 Å². The van der Waals surface area contributed by atoms with Crippen LogP contribution in [0.15, 0.2) is 12.1 Å². The second kappa shape index (κ2) is 3.22. The first-order chi connectivity index (χ1) is 6.38. The summed E-state index contributed by atoms with van der Waals surface area (Å²) in [6.45, 7) is 5.07. The second-order valence-corrected chi connectivity index (χ2v) is 3.91. The highest BCUT2D eigenvalue weighted by atomic mass is 16.3. The molecule has 14 heavy (non-hydrogen) atoms. The van der Waals surface area contributed by atoms with E-state index in [1.54, 1.807) is 20.8 Å². The fourth-order valence-corrected chi connectivity index (χ4v) is 1.44. The van der Waals surface area contributed by atoms with Gasteiger partial charge < -0.3 is 10.2 Å². The average Bonchev–Trinajstić information content (AvgIpc) is 2.01. The van der Waals surface area contributed by atoms with Gasteiger partial charge in [-0.2, -0.15) is 5.26 Å². The van der Waals surface area contributed by atoms with Gasteiger partial charge >= 0.3 is 0 Å². The Morgan fingerprint density at radius 3 is 2.00 bits per heavy atom. The lowest BCUT2D eigenvalue weighted by atomic mass is 9.84. The van der Waals surface area contributed by atoms with E-state index in [-0.39, 0.29) is 17.1 Å². The Bertz CT molecular complexity index is 379. The molecule has 0 radical (unpaired) electrons. The molecule has 74 valence electrons. The minimum Gasteiger partial charge on any atom is -0.507 e. The Morgan fingerprint density at radius 2 is 1.64 bits per heavy atom. The summed E-state index contributed by atoms with van der Waals surface area (Å²) >= 11 is 0. The van der Waals surface area contributed by atoms with E-state index in [0.717, 1.165) is 5.56 Å². The zero-order valence-electron chi connectivity index (χ0n) is 8.50. The van der Waals surface area contributed by atoms with Gasteiger partial charge in [0, 0.05) is 0 Å². The van der Waals surface area contributed by atoms with Crippen LogP contribution in [0.1, 0.15) is 25.0 Å². The summed E-state index contributed by atoms with van der Waals surface area (Å²) in [6.07, 6.45) is 0. The minimum atomic E-state index is -0.887. The molecule has 0 saturated carbocycles. The number of aromatic hydroxyl groups is 2. The lowest BCUT2D eigenvalue weighted by Crippen LogP contribution is -2.14. The maximum atomic E-state index is 9.63. The van der Waals surface area contributed by atoms with Crippen molar-refractivity contribution in [3.05, 3.63) is 23.3 Å². The van der Waals surface area contributed by atoms with Crippen LogP contribution in [0.25, 0.3) is 0 Å². The monoisotopic (exact) mass is 191 g/mol. The van der Waals surface area contributed by atoms with Crippen LogP contribution in [0.2, 0.25) is 0 Å². The van der Waals surface area contributed by atoms with Crippen LogP contribution in [0.4, 0.5) is 0 Å². The summed E-state index contributed by atoms with van der Waals surface area (Å²) < 4.78 is 0. The van der Waals surface area contributed by atoms with E-state index >= 15 is 0 Å². The van der Waals surface area contributed by atoms with Crippen LogP contribution < -0.4 is 0 Å². The number of phenolic OH excluding ortho intramolecular Hbond substituents is 2. The van der Waals surface area contributed by atoms with Crippen molar-refractivity contribution in [2.45, 2.75) is 26.2 Å². The molecule has 0 atom stereocenters. The highest BCUT2D eigenvalue weighted by molar-refractivity contribution is 5.52. The molecule has 3 heteroatoms. The van der Waals surface area contributed by atoms with Gasteiger partial charge in [-0.25, -0.2) is 0 Å². The third-order valence-electron chi connectivity index (χ3n) is 2.15. The normalized spacial score (nSPS) is 11.0. The minimum absolute atomic E-state index is 0.0333. The number of hydrogen-bond acceptors (Lipinski definition) is 3. The third-order valence-corrected chi connectivity index (χ3v) is 2.15. The third kappa shape index (κ3) is 1.64. The molecule has 0 heterocycles. The number of phenols is 2. The summed E-state index contributed by atoms with van der Waals surface area (Å²) in [6, 6.07) is 5.11. The van der Waals surface area contributed by atoms with Crippen LogP contribution in [-0.4, -0.2) is 10.2 Å². The molecule has 0 aliphatic heterocycles. The Kier molecular flexibility index (Phi) is 2.39. The van der Waals surface area contributed by atoms with Gasteiger partial charge in [-0.05, 0) is 38.5 Å². The fourth-order valence-electron chi connectivity index (χ4n) is 1.44. The molecule has 0 aromatic heterocycles. The van der Waals surface area contributed by atoms with Crippen molar-refractivity contribution >= 4 is 0 Å². The molecule has 0 saturated heterocycles. The molecule has 1 aromatic carbocycles. The number of rotatable bonds is 1. The molecular formula is C11H13NO2. The lowest BCUT2D eigenvalue weighted by molar-refractivity contribution is 0.421.